The summed E-state index contributed by atoms with van der Waals surface area (Å²) in [6.45, 7) is 1.91. The van der Waals surface area contributed by atoms with Crippen LogP contribution in [0.1, 0.15) is 36.9 Å². The van der Waals surface area contributed by atoms with Crippen LogP contribution in [0.3, 0.4) is 0 Å². The molecule has 1 aromatic heterocycles. The third-order valence-electron chi connectivity index (χ3n) is 4.09. The summed E-state index contributed by atoms with van der Waals surface area (Å²) >= 11 is 3.45. The molecule has 0 unspecified atom stereocenters. The van der Waals surface area contributed by atoms with E-state index in [0.29, 0.717) is 6.04 Å². The standard InChI is InChI=1S/C13H19BrN4/c1-18(9-4-2-3-5-9)12-10-8-15-7-6-11(10)16-13(14)17-12/h9,15H,2-8H2,1H3. The molecule has 1 aromatic rings. The second kappa shape index (κ2) is 5.13. The van der Waals surface area contributed by atoms with E-state index in [1.54, 1.807) is 0 Å². The first-order valence-corrected chi connectivity index (χ1v) is 7.54. The number of fused-ring (bicyclic) bond motifs is 1. The summed E-state index contributed by atoms with van der Waals surface area (Å²) in [6.07, 6.45) is 6.28. The molecule has 0 radical (unpaired) electrons. The third-order valence-corrected chi connectivity index (χ3v) is 4.45. The molecule has 1 saturated carbocycles. The number of anilines is 1. The van der Waals surface area contributed by atoms with Gasteiger partial charge in [-0.1, -0.05) is 12.8 Å². The van der Waals surface area contributed by atoms with Crippen molar-refractivity contribution in [3.05, 3.63) is 16.0 Å². The van der Waals surface area contributed by atoms with Gasteiger partial charge in [-0.3, -0.25) is 0 Å². The van der Waals surface area contributed by atoms with E-state index < -0.39 is 0 Å². The second-order valence-electron chi connectivity index (χ2n) is 5.22. The number of halogens is 1. The third kappa shape index (κ3) is 2.26. The smallest absolute Gasteiger partial charge is 0.198 e. The van der Waals surface area contributed by atoms with Crippen molar-refractivity contribution < 1.29 is 0 Å². The van der Waals surface area contributed by atoms with Crippen molar-refractivity contribution in [3.8, 4) is 0 Å². The summed E-state index contributed by atoms with van der Waals surface area (Å²) in [5.41, 5.74) is 2.49. The molecule has 1 N–H and O–H groups in total. The highest BCUT2D eigenvalue weighted by molar-refractivity contribution is 9.10. The number of nitrogens with one attached hydrogen (secondary N) is 1. The molecule has 18 heavy (non-hydrogen) atoms. The first kappa shape index (κ1) is 12.4. The van der Waals surface area contributed by atoms with Crippen LogP contribution in [0.25, 0.3) is 0 Å². The lowest BCUT2D eigenvalue weighted by Gasteiger charge is -2.29. The number of hydrogen-bond acceptors (Lipinski definition) is 4. The van der Waals surface area contributed by atoms with E-state index in [0.717, 1.165) is 30.1 Å². The summed E-state index contributed by atoms with van der Waals surface area (Å²) in [6, 6.07) is 0.651. The van der Waals surface area contributed by atoms with Crippen molar-refractivity contribution in [2.24, 2.45) is 0 Å². The van der Waals surface area contributed by atoms with Crippen LogP contribution in [-0.2, 0) is 13.0 Å². The van der Waals surface area contributed by atoms with Gasteiger partial charge >= 0.3 is 0 Å². The lowest BCUT2D eigenvalue weighted by molar-refractivity contribution is 0.601. The van der Waals surface area contributed by atoms with Gasteiger partial charge in [-0.05, 0) is 28.8 Å². The summed E-state index contributed by atoms with van der Waals surface area (Å²) in [4.78, 5) is 11.5. The van der Waals surface area contributed by atoms with Crippen LogP contribution in [-0.4, -0.2) is 29.6 Å². The van der Waals surface area contributed by atoms with Crippen LogP contribution in [0.5, 0.6) is 0 Å². The van der Waals surface area contributed by atoms with E-state index in [9.17, 15) is 0 Å². The molecule has 98 valence electrons. The fourth-order valence-electron chi connectivity index (χ4n) is 3.05. The van der Waals surface area contributed by atoms with E-state index in [1.165, 1.54) is 36.9 Å². The molecule has 0 amide bonds. The van der Waals surface area contributed by atoms with Crippen LogP contribution in [0.15, 0.2) is 4.73 Å². The van der Waals surface area contributed by atoms with E-state index >= 15 is 0 Å². The molecule has 0 aromatic carbocycles. The minimum atomic E-state index is 0.651. The van der Waals surface area contributed by atoms with Gasteiger partial charge in [0.05, 0.1) is 5.69 Å². The molecule has 4 nitrogen and oxygen atoms in total. The van der Waals surface area contributed by atoms with Crippen LogP contribution in [0, 0.1) is 0 Å². The Morgan fingerprint density at radius 2 is 2.06 bits per heavy atom. The number of rotatable bonds is 2. The topological polar surface area (TPSA) is 41.1 Å². The van der Waals surface area contributed by atoms with Gasteiger partial charge in [0.1, 0.15) is 5.82 Å². The minimum absolute atomic E-state index is 0.651. The molecule has 1 aliphatic heterocycles. The molecule has 3 rings (SSSR count). The average Bonchev–Trinajstić information content (AvgIpc) is 2.90. The Hall–Kier alpha value is -0.680. The fourth-order valence-corrected chi connectivity index (χ4v) is 3.43. The first-order chi connectivity index (χ1) is 8.75. The maximum atomic E-state index is 4.62. The normalized spacial score (nSPS) is 19.9. The highest BCUT2D eigenvalue weighted by Gasteiger charge is 2.25. The maximum absolute atomic E-state index is 4.62. The number of aromatic nitrogens is 2. The Bertz CT molecular complexity index is 443. The van der Waals surface area contributed by atoms with E-state index in [-0.39, 0.29) is 0 Å². The molecule has 0 bridgehead atoms. The largest absolute Gasteiger partial charge is 0.356 e. The average molecular weight is 311 g/mol. The Morgan fingerprint density at radius 1 is 1.28 bits per heavy atom. The Labute approximate surface area is 116 Å². The van der Waals surface area contributed by atoms with Gasteiger partial charge in [0.15, 0.2) is 4.73 Å². The molecule has 2 heterocycles. The van der Waals surface area contributed by atoms with Gasteiger partial charge in [-0.25, -0.2) is 9.97 Å². The van der Waals surface area contributed by atoms with Crippen LogP contribution in [0.4, 0.5) is 5.82 Å². The second-order valence-corrected chi connectivity index (χ2v) is 5.93. The van der Waals surface area contributed by atoms with Gasteiger partial charge in [-0.2, -0.15) is 0 Å². The van der Waals surface area contributed by atoms with Crippen molar-refractivity contribution in [3.63, 3.8) is 0 Å². The summed E-state index contributed by atoms with van der Waals surface area (Å²) in [7, 11) is 2.18. The molecule has 5 heteroatoms. The zero-order valence-corrected chi connectivity index (χ0v) is 12.3. The predicted molar refractivity (Wildman–Crippen MR) is 75.8 cm³/mol. The van der Waals surface area contributed by atoms with Crippen molar-refractivity contribution in [2.75, 3.05) is 18.5 Å². The number of hydrogen-bond donors (Lipinski definition) is 1. The van der Waals surface area contributed by atoms with E-state index in [2.05, 4.69) is 43.2 Å². The van der Waals surface area contributed by atoms with Crippen LogP contribution < -0.4 is 10.2 Å². The molecular formula is C13H19BrN4. The molecule has 1 aliphatic carbocycles. The van der Waals surface area contributed by atoms with Crippen molar-refractivity contribution in [1.29, 1.82) is 0 Å². The molecule has 0 saturated heterocycles. The molecule has 0 spiro atoms. The lowest BCUT2D eigenvalue weighted by atomic mass is 10.1. The monoisotopic (exact) mass is 310 g/mol. The van der Waals surface area contributed by atoms with Gasteiger partial charge in [-0.15, -0.1) is 0 Å². The first-order valence-electron chi connectivity index (χ1n) is 6.74. The van der Waals surface area contributed by atoms with E-state index in [4.69, 9.17) is 0 Å². The maximum Gasteiger partial charge on any atom is 0.198 e. The highest BCUT2D eigenvalue weighted by atomic mass is 79.9. The van der Waals surface area contributed by atoms with Gasteiger partial charge in [0, 0.05) is 38.2 Å². The molecular weight excluding hydrogens is 292 g/mol. The zero-order valence-electron chi connectivity index (χ0n) is 10.7. The van der Waals surface area contributed by atoms with E-state index in [1.807, 2.05) is 0 Å². The van der Waals surface area contributed by atoms with Gasteiger partial charge in [0.25, 0.3) is 0 Å². The lowest BCUT2D eigenvalue weighted by Crippen LogP contribution is -2.34. The molecule has 2 aliphatic rings. The predicted octanol–water partition coefficient (Wildman–Crippen LogP) is 2.26. The van der Waals surface area contributed by atoms with Gasteiger partial charge < -0.3 is 10.2 Å². The minimum Gasteiger partial charge on any atom is -0.356 e. The van der Waals surface area contributed by atoms with Crippen molar-refractivity contribution in [2.45, 2.75) is 44.7 Å². The highest BCUT2D eigenvalue weighted by Crippen LogP contribution is 2.30. The molecule has 0 atom stereocenters. The molecule has 1 fully saturated rings. The Kier molecular flexibility index (Phi) is 3.52. The summed E-state index contributed by atoms with van der Waals surface area (Å²) < 4.78 is 0.725. The number of nitrogens with zero attached hydrogens (tertiary/aromatic N) is 3. The van der Waals surface area contributed by atoms with Crippen molar-refractivity contribution >= 4 is 21.7 Å². The fraction of sp³-hybridized carbons (Fsp3) is 0.692. The zero-order chi connectivity index (χ0) is 12.5. The summed E-state index contributed by atoms with van der Waals surface area (Å²) in [5, 5.41) is 3.42. The van der Waals surface area contributed by atoms with Crippen LogP contribution >= 0.6 is 15.9 Å². The quantitative estimate of drug-likeness (QED) is 0.851. The Balaban J connectivity index is 1.96. The Morgan fingerprint density at radius 3 is 2.83 bits per heavy atom. The summed E-state index contributed by atoms with van der Waals surface area (Å²) in [5.74, 6) is 1.12. The van der Waals surface area contributed by atoms with Crippen LogP contribution in [0.2, 0.25) is 0 Å². The van der Waals surface area contributed by atoms with Gasteiger partial charge in [0.2, 0.25) is 0 Å². The SMILES string of the molecule is CN(c1nc(Br)nc2c1CNCC2)C1CCCC1. The van der Waals surface area contributed by atoms with Crippen molar-refractivity contribution in [1.82, 2.24) is 15.3 Å².